The second kappa shape index (κ2) is 29.0. The molecule has 2 aromatic heterocycles. The summed E-state index contributed by atoms with van der Waals surface area (Å²) in [5.41, 5.74) is 27.2. The van der Waals surface area contributed by atoms with Crippen molar-refractivity contribution in [2.45, 2.75) is 26.2 Å². The zero-order valence-electron chi connectivity index (χ0n) is 62.9. The molecule has 0 spiro atoms. The molecule has 0 radical (unpaired) electrons. The van der Waals surface area contributed by atoms with Gasteiger partial charge in [-0.25, -0.2) is 0 Å². The summed E-state index contributed by atoms with van der Waals surface area (Å²) in [5, 5.41) is 7.94. The molecular weight excluding hydrogens is 1390 g/mol. The van der Waals surface area contributed by atoms with Gasteiger partial charge in [0.2, 0.25) is 0 Å². The van der Waals surface area contributed by atoms with Crippen LogP contribution in [0.4, 0.5) is 68.2 Å². The fourth-order valence-corrected chi connectivity index (χ4v) is 23.5. The van der Waals surface area contributed by atoms with Crippen LogP contribution in [0.25, 0.3) is 89.1 Å². The van der Waals surface area contributed by atoms with Crippen molar-refractivity contribution >= 4 is 127 Å². The van der Waals surface area contributed by atoms with Gasteiger partial charge in [0.05, 0.1) is 0 Å². The second-order valence-electron chi connectivity index (χ2n) is 30.0. The van der Waals surface area contributed by atoms with Crippen molar-refractivity contribution in [3.8, 4) is 67.2 Å². The van der Waals surface area contributed by atoms with Crippen LogP contribution in [0.3, 0.4) is 0 Å². The smallest absolute Gasteiger partial charge is 0.135 e. The highest BCUT2D eigenvalue weighted by molar-refractivity contribution is 7.05. The molecule has 0 N–H and O–H groups in total. The summed E-state index contributed by atoms with van der Waals surface area (Å²) in [6, 6.07) is 148. The Bertz CT molecular complexity index is 6420. The van der Waals surface area contributed by atoms with Crippen LogP contribution < -0.4 is 40.3 Å². The summed E-state index contributed by atoms with van der Waals surface area (Å²) < 4.78 is 13.8. The molecule has 0 fully saturated rings. The largest absolute Gasteiger partial charge is 0.456 e. The first-order chi connectivity index (χ1) is 55.1. The maximum Gasteiger partial charge on any atom is 0.135 e. The maximum atomic E-state index is 6.92. The van der Waals surface area contributed by atoms with E-state index in [-0.39, 0.29) is 0 Å². The minimum absolute atomic E-state index is 0.928. The molecule has 112 heavy (non-hydrogen) atoms. The van der Waals surface area contributed by atoms with Gasteiger partial charge in [0, 0.05) is 90.1 Å². The van der Waals surface area contributed by atoms with Gasteiger partial charge in [-0.3, -0.25) is 0 Å². The van der Waals surface area contributed by atoms with E-state index in [2.05, 4.69) is 458 Å². The van der Waals surface area contributed by atoms with Crippen molar-refractivity contribution in [3.63, 3.8) is 0 Å². The van der Waals surface area contributed by atoms with Gasteiger partial charge in [0.15, 0.2) is 0 Å². The minimum Gasteiger partial charge on any atom is -0.456 e. The van der Waals surface area contributed by atoms with Gasteiger partial charge in [0.25, 0.3) is 0 Å². The lowest BCUT2D eigenvalue weighted by atomic mass is 10.0. The van der Waals surface area contributed by atoms with E-state index in [1.807, 2.05) is 0 Å². The Hall–Kier alpha value is -13.8. The third kappa shape index (κ3) is 12.7. The highest BCUT2D eigenvalue weighted by atomic mass is 28.3. The van der Waals surface area contributed by atoms with Gasteiger partial charge in [-0.15, -0.1) is 0 Å². The molecule has 8 heteroatoms. The molecule has 6 nitrogen and oxygen atoms in total. The Balaban J connectivity index is 0.000000151. The van der Waals surface area contributed by atoms with Crippen LogP contribution in [0.15, 0.2) is 421 Å². The molecule has 0 saturated heterocycles. The summed E-state index contributed by atoms with van der Waals surface area (Å²) in [5.74, 6) is 2.02. The van der Waals surface area contributed by atoms with Crippen LogP contribution in [-0.2, 0) is 0 Å². The number of fused-ring (bicyclic) bond motifs is 10. The van der Waals surface area contributed by atoms with E-state index in [1.54, 1.807) is 0 Å². The number of nitrogens with zero attached hydrogens (tertiary/aromatic N) is 4. The van der Waals surface area contributed by atoms with Gasteiger partial charge in [-0.1, -0.05) is 281 Å². The summed E-state index contributed by atoms with van der Waals surface area (Å²) in [6.07, 6.45) is 0. The van der Waals surface area contributed by atoms with Crippen LogP contribution in [-0.4, -0.2) is 16.1 Å². The number of furan rings is 2. The van der Waals surface area contributed by atoms with Crippen LogP contribution in [0.1, 0.15) is 0 Å². The van der Waals surface area contributed by atoms with Gasteiger partial charge in [-0.05, 0) is 223 Å². The zero-order chi connectivity index (χ0) is 75.3. The van der Waals surface area contributed by atoms with Crippen molar-refractivity contribution in [2.75, 3.05) is 19.6 Å². The molecule has 20 rings (SSSR count). The molecule has 18 aromatic rings. The third-order valence-corrected chi connectivity index (χ3v) is 29.5. The lowest BCUT2D eigenvalue weighted by molar-refractivity contribution is 0.634. The summed E-state index contributed by atoms with van der Waals surface area (Å²) in [4.78, 5) is 9.43. The molecular formula is C104H80N4O2Si2. The molecule has 0 bridgehead atoms. The standard InChI is InChI=1S/2C52H40N2OSi/c1-56(2)50-32-30-46(54(42-25-13-6-14-26-42)44-28-16-22-40(34-44)38-19-9-4-10-20-38)36-48(50)51-52(56)47-35-45(29-31-49(47)55-51)53(41-23-11-5-12-24-41)43-27-15-21-39(33-43)37-17-7-3-8-18-37;1-56(2)50-34-32-46(54(42-21-13-6-14-22-42)44-29-25-40(26-30-44)38-17-9-4-10-18-38)36-48(50)51-52(56)47-35-45(31-33-49(47)55-51)53(41-19-11-5-12-20-41)43-27-23-39(24-28-43)37-15-7-3-8-16-37/h2*3-36H,1-2H3. The molecule has 0 aliphatic carbocycles. The average molecular weight is 1470 g/mol. The highest BCUT2D eigenvalue weighted by Crippen LogP contribution is 2.47. The predicted molar refractivity (Wildman–Crippen MR) is 477 cm³/mol. The first-order valence-electron chi connectivity index (χ1n) is 38.5. The third-order valence-electron chi connectivity index (χ3n) is 22.4. The Morgan fingerprint density at radius 3 is 0.732 bits per heavy atom. The van der Waals surface area contributed by atoms with Crippen molar-refractivity contribution in [1.29, 1.82) is 0 Å². The quantitative estimate of drug-likeness (QED) is 0.0898. The minimum atomic E-state index is -2.16. The first kappa shape index (κ1) is 68.7. The monoisotopic (exact) mass is 1470 g/mol. The molecule has 2 aliphatic rings. The molecule has 4 heterocycles. The van der Waals surface area contributed by atoms with Gasteiger partial charge >= 0.3 is 0 Å². The van der Waals surface area contributed by atoms with E-state index in [0.29, 0.717) is 0 Å². The molecule has 0 saturated carbocycles. The number of benzene rings is 16. The fourth-order valence-electron chi connectivity index (χ4n) is 17.0. The van der Waals surface area contributed by atoms with Crippen LogP contribution in [0.5, 0.6) is 0 Å². The number of rotatable bonds is 16. The molecule has 0 amide bonds. The molecule has 16 aromatic carbocycles. The lowest BCUT2D eigenvalue weighted by Gasteiger charge is -2.27. The predicted octanol–water partition coefficient (Wildman–Crippen LogP) is 27.0. The number of hydrogen-bond acceptors (Lipinski definition) is 6. The average Bonchev–Trinajstić information content (AvgIpc) is 1.55. The molecule has 0 unspecified atom stereocenters. The van der Waals surface area contributed by atoms with Crippen molar-refractivity contribution in [3.05, 3.63) is 413 Å². The number of para-hydroxylation sites is 4. The topological polar surface area (TPSA) is 39.2 Å². The first-order valence-corrected chi connectivity index (χ1v) is 44.5. The maximum absolute atomic E-state index is 6.92. The van der Waals surface area contributed by atoms with E-state index >= 15 is 0 Å². The SMILES string of the molecule is C[Si]1(C)c2ccc(N(c3ccccc3)c3ccc(-c4ccccc4)cc3)cc2-c2oc3ccc(N(c4ccccc4)c4ccc(-c5ccccc5)cc4)cc3c21.C[Si]1(C)c2ccc(N(c3ccccc3)c3cccc(-c4ccccc4)c3)cc2-c2oc3ccc(N(c4ccccc4)c4cccc(-c5ccccc5)c4)cc3c21. The van der Waals surface area contributed by atoms with Crippen LogP contribution in [0, 0.1) is 0 Å². The van der Waals surface area contributed by atoms with Crippen molar-refractivity contribution in [2.24, 2.45) is 0 Å². The molecule has 2 aliphatic heterocycles. The Kier molecular flexibility index (Phi) is 17.8. The lowest BCUT2D eigenvalue weighted by Crippen LogP contribution is -2.49. The van der Waals surface area contributed by atoms with E-state index in [0.717, 1.165) is 90.9 Å². The summed E-state index contributed by atoms with van der Waals surface area (Å²) in [7, 11) is -4.31. The molecule has 536 valence electrons. The van der Waals surface area contributed by atoms with E-state index in [9.17, 15) is 0 Å². The van der Waals surface area contributed by atoms with Crippen LogP contribution in [0.2, 0.25) is 26.2 Å². The van der Waals surface area contributed by atoms with E-state index in [1.165, 1.54) is 87.2 Å². The fraction of sp³-hybridized carbons (Fsp3) is 0.0385. The highest BCUT2D eigenvalue weighted by Gasteiger charge is 2.44. The summed E-state index contributed by atoms with van der Waals surface area (Å²) in [6.45, 7) is 9.87. The Morgan fingerprint density at radius 2 is 0.411 bits per heavy atom. The number of anilines is 12. The van der Waals surface area contributed by atoms with Gasteiger partial charge < -0.3 is 28.4 Å². The Labute approximate surface area is 656 Å². The van der Waals surface area contributed by atoms with Crippen LogP contribution >= 0.6 is 0 Å². The zero-order valence-corrected chi connectivity index (χ0v) is 64.9. The van der Waals surface area contributed by atoms with Gasteiger partial charge in [-0.2, -0.15) is 0 Å². The normalized spacial score (nSPS) is 12.6. The van der Waals surface area contributed by atoms with Crippen molar-refractivity contribution < 1.29 is 8.83 Å². The summed E-state index contributed by atoms with van der Waals surface area (Å²) >= 11 is 0. The second-order valence-corrected chi connectivity index (χ2v) is 38.6. The Morgan fingerprint density at radius 1 is 0.188 bits per heavy atom. The van der Waals surface area contributed by atoms with E-state index in [4.69, 9.17) is 8.83 Å². The van der Waals surface area contributed by atoms with Gasteiger partial charge in [0.1, 0.15) is 38.8 Å². The number of hydrogen-bond donors (Lipinski definition) is 0. The van der Waals surface area contributed by atoms with E-state index < -0.39 is 16.1 Å². The van der Waals surface area contributed by atoms with Crippen molar-refractivity contribution in [1.82, 2.24) is 0 Å². The molecule has 0 atom stereocenters.